The summed E-state index contributed by atoms with van der Waals surface area (Å²) in [6.07, 6.45) is 2.34. The number of carbonyl (C=O) groups excluding carboxylic acids is 1. The Kier molecular flexibility index (Phi) is 4.43. The van der Waals surface area contributed by atoms with Gasteiger partial charge in [0.25, 0.3) is 0 Å². The van der Waals surface area contributed by atoms with Gasteiger partial charge in [0.05, 0.1) is 6.61 Å². The first-order valence-electron chi connectivity index (χ1n) is 4.54. The maximum atomic E-state index is 13.0. The fourth-order valence-corrected chi connectivity index (χ4v) is 1.14. The minimum absolute atomic E-state index is 0.201. The van der Waals surface area contributed by atoms with Gasteiger partial charge in [-0.25, -0.2) is 13.6 Å². The minimum Gasteiger partial charge on any atom is -0.463 e. The van der Waals surface area contributed by atoms with Crippen LogP contribution in [0.15, 0.2) is 18.2 Å². The Morgan fingerprint density at radius 1 is 1.44 bits per heavy atom. The zero-order chi connectivity index (χ0) is 12.1. The highest BCUT2D eigenvalue weighted by Crippen LogP contribution is 2.21. The summed E-state index contributed by atoms with van der Waals surface area (Å²) in [6.45, 7) is 1.90. The highest BCUT2D eigenvalue weighted by Gasteiger charge is 2.07. The normalized spacial score (nSPS) is 10.8. The first kappa shape index (κ1) is 12.6. The number of hydrogen-bond donors (Lipinski definition) is 0. The SMILES string of the molecule is CCOC(=O)C=Cc1cc(F)c(Cl)c(F)c1. The molecule has 0 heterocycles. The molecule has 0 saturated heterocycles. The van der Waals surface area contributed by atoms with Crippen LogP contribution in [0.3, 0.4) is 0 Å². The maximum absolute atomic E-state index is 13.0. The molecule has 0 fully saturated rings. The molecular formula is C11H9ClF2O2. The molecule has 0 radical (unpaired) electrons. The van der Waals surface area contributed by atoms with Crippen molar-refractivity contribution in [3.63, 3.8) is 0 Å². The van der Waals surface area contributed by atoms with Gasteiger partial charge in [-0.2, -0.15) is 0 Å². The number of halogens is 3. The average molecular weight is 247 g/mol. The summed E-state index contributed by atoms with van der Waals surface area (Å²) in [4.78, 5) is 10.9. The van der Waals surface area contributed by atoms with Crippen molar-refractivity contribution < 1.29 is 18.3 Å². The van der Waals surface area contributed by atoms with Crippen LogP contribution in [-0.4, -0.2) is 12.6 Å². The third-order valence-corrected chi connectivity index (χ3v) is 2.07. The first-order valence-corrected chi connectivity index (χ1v) is 4.91. The van der Waals surface area contributed by atoms with E-state index in [1.165, 1.54) is 6.08 Å². The molecule has 0 spiro atoms. The van der Waals surface area contributed by atoms with Crippen LogP contribution < -0.4 is 0 Å². The smallest absolute Gasteiger partial charge is 0.330 e. The molecule has 0 aliphatic heterocycles. The molecule has 5 heteroatoms. The van der Waals surface area contributed by atoms with Crippen LogP contribution in [0.4, 0.5) is 8.78 Å². The molecule has 2 nitrogen and oxygen atoms in total. The van der Waals surface area contributed by atoms with Crippen LogP contribution in [0.1, 0.15) is 12.5 Å². The zero-order valence-electron chi connectivity index (χ0n) is 8.47. The second kappa shape index (κ2) is 5.61. The molecule has 1 rings (SSSR count). The van der Waals surface area contributed by atoms with Gasteiger partial charge in [-0.05, 0) is 30.7 Å². The summed E-state index contributed by atoms with van der Waals surface area (Å²) in [5, 5.41) is -0.562. The van der Waals surface area contributed by atoms with Gasteiger partial charge in [-0.1, -0.05) is 11.6 Å². The number of benzene rings is 1. The Hall–Kier alpha value is -1.42. The van der Waals surface area contributed by atoms with Gasteiger partial charge in [0, 0.05) is 6.08 Å². The molecule has 86 valence electrons. The largest absolute Gasteiger partial charge is 0.463 e. The molecule has 0 aliphatic rings. The van der Waals surface area contributed by atoms with Gasteiger partial charge in [-0.3, -0.25) is 0 Å². The van der Waals surface area contributed by atoms with E-state index in [-0.39, 0.29) is 12.2 Å². The third kappa shape index (κ3) is 3.31. The molecule has 0 bridgehead atoms. The molecule has 0 atom stereocenters. The number of carbonyl (C=O) groups is 1. The third-order valence-electron chi connectivity index (χ3n) is 1.70. The maximum Gasteiger partial charge on any atom is 0.330 e. The van der Waals surface area contributed by atoms with Crippen LogP contribution >= 0.6 is 11.6 Å². The summed E-state index contributed by atoms with van der Waals surface area (Å²) in [5.41, 5.74) is 0.201. The molecule has 1 aromatic rings. The summed E-state index contributed by atoms with van der Waals surface area (Å²) < 4.78 is 30.6. The van der Waals surface area contributed by atoms with Gasteiger partial charge >= 0.3 is 5.97 Å². The second-order valence-electron chi connectivity index (χ2n) is 2.88. The molecule has 0 aromatic heterocycles. The van der Waals surface area contributed by atoms with Crippen molar-refractivity contribution in [2.24, 2.45) is 0 Å². The predicted molar refractivity (Wildman–Crippen MR) is 57.0 cm³/mol. The van der Waals surface area contributed by atoms with Gasteiger partial charge in [0.1, 0.15) is 16.7 Å². The molecule has 0 aliphatic carbocycles. The van der Waals surface area contributed by atoms with E-state index in [4.69, 9.17) is 11.6 Å². The van der Waals surface area contributed by atoms with Crippen LogP contribution in [-0.2, 0) is 9.53 Å². The highest BCUT2D eigenvalue weighted by molar-refractivity contribution is 6.30. The highest BCUT2D eigenvalue weighted by atomic mass is 35.5. The van der Waals surface area contributed by atoms with Crippen molar-refractivity contribution in [3.05, 3.63) is 40.4 Å². The van der Waals surface area contributed by atoms with Gasteiger partial charge < -0.3 is 4.74 Å². The van der Waals surface area contributed by atoms with E-state index < -0.39 is 22.6 Å². The Morgan fingerprint density at radius 2 is 2.00 bits per heavy atom. The number of hydrogen-bond acceptors (Lipinski definition) is 2. The molecule has 0 saturated carbocycles. The van der Waals surface area contributed by atoms with E-state index >= 15 is 0 Å². The van der Waals surface area contributed by atoms with E-state index in [2.05, 4.69) is 4.74 Å². The standard InChI is InChI=1S/C11H9ClF2O2/c1-2-16-10(15)4-3-7-5-8(13)11(12)9(14)6-7/h3-6H,2H2,1H3. The Balaban J connectivity index is 2.86. The summed E-state index contributed by atoms with van der Waals surface area (Å²) in [5.74, 6) is -2.31. The molecule has 16 heavy (non-hydrogen) atoms. The van der Waals surface area contributed by atoms with Crippen molar-refractivity contribution >= 4 is 23.6 Å². The molecule has 1 aromatic carbocycles. The molecular weight excluding hydrogens is 238 g/mol. The van der Waals surface area contributed by atoms with Crippen LogP contribution in [0, 0.1) is 11.6 Å². The van der Waals surface area contributed by atoms with Gasteiger partial charge in [-0.15, -0.1) is 0 Å². The number of esters is 1. The Bertz CT molecular complexity index is 407. The van der Waals surface area contributed by atoms with E-state index in [1.54, 1.807) is 6.92 Å². The Labute approximate surface area is 96.5 Å². The number of ether oxygens (including phenoxy) is 1. The van der Waals surface area contributed by atoms with Crippen LogP contribution in [0.25, 0.3) is 6.08 Å². The van der Waals surface area contributed by atoms with Gasteiger partial charge in [0.2, 0.25) is 0 Å². The van der Waals surface area contributed by atoms with Crippen molar-refractivity contribution in [2.75, 3.05) is 6.61 Å². The van der Waals surface area contributed by atoms with E-state index in [9.17, 15) is 13.6 Å². The van der Waals surface area contributed by atoms with E-state index in [0.717, 1.165) is 18.2 Å². The lowest BCUT2D eigenvalue weighted by atomic mass is 10.2. The van der Waals surface area contributed by atoms with Crippen molar-refractivity contribution in [3.8, 4) is 0 Å². The minimum atomic E-state index is -0.870. The van der Waals surface area contributed by atoms with E-state index in [0.29, 0.717) is 0 Å². The second-order valence-corrected chi connectivity index (χ2v) is 3.26. The summed E-state index contributed by atoms with van der Waals surface area (Å²) in [7, 11) is 0. The average Bonchev–Trinajstić information content (AvgIpc) is 2.23. The monoisotopic (exact) mass is 246 g/mol. The van der Waals surface area contributed by atoms with Crippen molar-refractivity contribution in [2.45, 2.75) is 6.92 Å². The van der Waals surface area contributed by atoms with Gasteiger partial charge in [0.15, 0.2) is 0 Å². The fourth-order valence-electron chi connectivity index (χ4n) is 1.03. The lowest BCUT2D eigenvalue weighted by Gasteiger charge is -1.99. The lowest BCUT2D eigenvalue weighted by Crippen LogP contribution is -1.98. The summed E-state index contributed by atoms with van der Waals surface area (Å²) >= 11 is 5.30. The van der Waals surface area contributed by atoms with Crippen LogP contribution in [0.5, 0.6) is 0 Å². The quantitative estimate of drug-likeness (QED) is 0.465. The predicted octanol–water partition coefficient (Wildman–Crippen LogP) is 3.19. The molecule has 0 unspecified atom stereocenters. The first-order chi connectivity index (χ1) is 7.54. The summed E-state index contributed by atoms with van der Waals surface area (Å²) in [6, 6.07) is 2.06. The van der Waals surface area contributed by atoms with Crippen molar-refractivity contribution in [1.82, 2.24) is 0 Å². The fraction of sp³-hybridized carbons (Fsp3) is 0.182. The number of rotatable bonds is 3. The topological polar surface area (TPSA) is 26.3 Å². The van der Waals surface area contributed by atoms with Crippen molar-refractivity contribution in [1.29, 1.82) is 0 Å². The molecule has 0 N–H and O–H groups in total. The lowest BCUT2D eigenvalue weighted by molar-refractivity contribution is -0.137. The Morgan fingerprint density at radius 3 is 2.50 bits per heavy atom. The van der Waals surface area contributed by atoms with Crippen LogP contribution in [0.2, 0.25) is 5.02 Å². The van der Waals surface area contributed by atoms with E-state index in [1.807, 2.05) is 0 Å². The zero-order valence-corrected chi connectivity index (χ0v) is 9.22. The molecule has 0 amide bonds.